The summed E-state index contributed by atoms with van der Waals surface area (Å²) in [6, 6.07) is 0.719. The lowest BCUT2D eigenvalue weighted by atomic mass is 10.2. The summed E-state index contributed by atoms with van der Waals surface area (Å²) < 4.78 is 4.47. The monoisotopic (exact) mass is 255 g/mol. The van der Waals surface area contributed by atoms with Gasteiger partial charge in [0.05, 0.1) is 6.54 Å². The number of hydrogen-bond donors (Lipinski definition) is 2. The highest BCUT2D eigenvalue weighted by Gasteiger charge is 2.24. The molecule has 0 saturated carbocycles. The highest BCUT2D eigenvalue weighted by atomic mass is 16.5. The van der Waals surface area contributed by atoms with Crippen LogP contribution in [0.1, 0.15) is 34.9 Å². The fourth-order valence-electron chi connectivity index (χ4n) is 1.28. The molecule has 98 valence electrons. The lowest BCUT2D eigenvalue weighted by Gasteiger charge is -2.23. The normalized spacial score (nSPS) is 10.4. The van der Waals surface area contributed by atoms with Crippen LogP contribution in [-0.2, 0) is 4.79 Å². The molecule has 0 aliphatic carbocycles. The highest BCUT2D eigenvalue weighted by molar-refractivity contribution is 5.96. The first-order chi connectivity index (χ1) is 8.32. The van der Waals surface area contributed by atoms with Crippen molar-refractivity contribution in [3.63, 3.8) is 0 Å². The maximum Gasteiger partial charge on any atom is 0.374 e. The van der Waals surface area contributed by atoms with E-state index in [1.807, 2.05) is 0 Å². The Bertz CT molecular complexity index is 480. The van der Waals surface area contributed by atoms with Crippen molar-refractivity contribution >= 4 is 17.8 Å². The number of aromatic carboxylic acids is 1. The average molecular weight is 255 g/mol. The van der Waals surface area contributed by atoms with Crippen LogP contribution < -0.4 is 5.73 Å². The number of carbonyl (C=O) groups is 3. The van der Waals surface area contributed by atoms with Crippen LogP contribution in [0.4, 0.5) is 0 Å². The molecule has 0 aliphatic heterocycles. The molecule has 2 amide bonds. The average Bonchev–Trinajstić information content (AvgIpc) is 2.73. The zero-order valence-corrected chi connectivity index (χ0v) is 9.91. The molecular formula is C10H13N3O5. The lowest BCUT2D eigenvalue weighted by molar-refractivity contribution is -0.119. The van der Waals surface area contributed by atoms with Gasteiger partial charge in [0.25, 0.3) is 5.91 Å². The van der Waals surface area contributed by atoms with E-state index >= 15 is 0 Å². The maximum absolute atomic E-state index is 12.0. The minimum atomic E-state index is -1.33. The first-order valence-corrected chi connectivity index (χ1v) is 5.12. The summed E-state index contributed by atoms with van der Waals surface area (Å²) in [5.74, 6) is -3.05. The molecule has 1 aromatic heterocycles. The van der Waals surface area contributed by atoms with Crippen molar-refractivity contribution in [3.05, 3.63) is 17.5 Å². The van der Waals surface area contributed by atoms with Gasteiger partial charge >= 0.3 is 5.97 Å². The van der Waals surface area contributed by atoms with E-state index in [1.165, 1.54) is 4.90 Å². The SMILES string of the molecule is CC(C)N(CC(N)=O)C(=O)c1cc(C(=O)O)on1. The Kier molecular flexibility index (Phi) is 4.03. The third-order valence-electron chi connectivity index (χ3n) is 2.15. The van der Waals surface area contributed by atoms with Crippen LogP contribution in [0, 0.1) is 0 Å². The second-order valence-corrected chi connectivity index (χ2v) is 3.87. The molecule has 0 fully saturated rings. The third-order valence-corrected chi connectivity index (χ3v) is 2.15. The van der Waals surface area contributed by atoms with E-state index in [2.05, 4.69) is 9.68 Å². The number of rotatable bonds is 5. The van der Waals surface area contributed by atoms with Crippen molar-refractivity contribution in [2.24, 2.45) is 5.73 Å². The van der Waals surface area contributed by atoms with E-state index in [0.29, 0.717) is 0 Å². The highest BCUT2D eigenvalue weighted by Crippen LogP contribution is 2.09. The van der Waals surface area contributed by atoms with Gasteiger partial charge in [-0.15, -0.1) is 0 Å². The quantitative estimate of drug-likeness (QED) is 0.744. The molecule has 0 atom stereocenters. The predicted octanol–water partition coefficient (Wildman–Crippen LogP) is -0.291. The van der Waals surface area contributed by atoms with Gasteiger partial charge in [-0.25, -0.2) is 4.79 Å². The number of carbonyl (C=O) groups excluding carboxylic acids is 2. The van der Waals surface area contributed by atoms with Crippen LogP contribution in [0.3, 0.4) is 0 Å². The molecular weight excluding hydrogens is 242 g/mol. The van der Waals surface area contributed by atoms with E-state index < -0.39 is 23.5 Å². The van der Waals surface area contributed by atoms with Gasteiger partial charge in [-0.1, -0.05) is 5.16 Å². The zero-order chi connectivity index (χ0) is 13.9. The van der Waals surface area contributed by atoms with Crippen LogP contribution in [0.2, 0.25) is 0 Å². The molecule has 18 heavy (non-hydrogen) atoms. The van der Waals surface area contributed by atoms with Gasteiger partial charge in [0.2, 0.25) is 11.7 Å². The second kappa shape index (κ2) is 5.30. The van der Waals surface area contributed by atoms with Gasteiger partial charge in [0, 0.05) is 12.1 Å². The Morgan fingerprint density at radius 2 is 2.11 bits per heavy atom. The summed E-state index contributed by atoms with van der Waals surface area (Å²) >= 11 is 0. The summed E-state index contributed by atoms with van der Waals surface area (Å²) in [6.07, 6.45) is 0. The first-order valence-electron chi connectivity index (χ1n) is 5.12. The lowest BCUT2D eigenvalue weighted by Crippen LogP contribution is -2.42. The number of primary amides is 1. The predicted molar refractivity (Wildman–Crippen MR) is 58.8 cm³/mol. The molecule has 8 nitrogen and oxygen atoms in total. The van der Waals surface area contributed by atoms with E-state index in [4.69, 9.17) is 10.8 Å². The van der Waals surface area contributed by atoms with Gasteiger partial charge in [-0.05, 0) is 13.8 Å². The number of carboxylic acids is 1. The van der Waals surface area contributed by atoms with Gasteiger partial charge in [0.15, 0.2) is 5.69 Å². The third kappa shape index (κ3) is 3.06. The van der Waals surface area contributed by atoms with Crippen molar-refractivity contribution in [2.45, 2.75) is 19.9 Å². The van der Waals surface area contributed by atoms with Crippen LogP contribution >= 0.6 is 0 Å². The minimum absolute atomic E-state index is 0.178. The summed E-state index contributed by atoms with van der Waals surface area (Å²) in [5, 5.41) is 12.0. The summed E-state index contributed by atoms with van der Waals surface area (Å²) in [6.45, 7) is 3.11. The van der Waals surface area contributed by atoms with E-state index in [-0.39, 0.29) is 18.3 Å². The molecule has 0 spiro atoms. The van der Waals surface area contributed by atoms with Crippen molar-refractivity contribution < 1.29 is 24.0 Å². The summed E-state index contributed by atoms with van der Waals surface area (Å²) in [4.78, 5) is 34.6. The van der Waals surface area contributed by atoms with E-state index in [9.17, 15) is 14.4 Å². The van der Waals surface area contributed by atoms with Crippen LogP contribution in [0.25, 0.3) is 0 Å². The van der Waals surface area contributed by atoms with E-state index in [0.717, 1.165) is 6.07 Å². The largest absolute Gasteiger partial charge is 0.475 e. The molecule has 0 aromatic carbocycles. The Hall–Kier alpha value is -2.38. The first kappa shape index (κ1) is 13.7. The molecule has 3 N–H and O–H groups in total. The van der Waals surface area contributed by atoms with Crippen molar-refractivity contribution in [1.82, 2.24) is 10.1 Å². The molecule has 0 saturated heterocycles. The van der Waals surface area contributed by atoms with Gasteiger partial charge in [-0.3, -0.25) is 9.59 Å². The fraction of sp³-hybridized carbons (Fsp3) is 0.400. The summed E-state index contributed by atoms with van der Waals surface area (Å²) in [5.41, 5.74) is 4.85. The minimum Gasteiger partial charge on any atom is -0.475 e. The molecule has 0 unspecified atom stereocenters. The van der Waals surface area contributed by atoms with Crippen molar-refractivity contribution in [1.29, 1.82) is 0 Å². The summed E-state index contributed by atoms with van der Waals surface area (Å²) in [7, 11) is 0. The van der Waals surface area contributed by atoms with Gasteiger partial charge < -0.3 is 20.3 Å². The Labute approximate surface area is 102 Å². The molecule has 0 bridgehead atoms. The molecule has 1 aromatic rings. The fourth-order valence-corrected chi connectivity index (χ4v) is 1.28. The number of hydrogen-bond acceptors (Lipinski definition) is 5. The maximum atomic E-state index is 12.0. The zero-order valence-electron chi connectivity index (χ0n) is 9.91. The smallest absolute Gasteiger partial charge is 0.374 e. The number of aromatic nitrogens is 1. The van der Waals surface area contributed by atoms with E-state index in [1.54, 1.807) is 13.8 Å². The molecule has 1 rings (SSSR count). The second-order valence-electron chi connectivity index (χ2n) is 3.87. The Morgan fingerprint density at radius 1 is 1.50 bits per heavy atom. The molecule has 0 aliphatic rings. The Balaban J connectivity index is 2.94. The molecule has 8 heteroatoms. The van der Waals surface area contributed by atoms with Crippen molar-refractivity contribution in [2.75, 3.05) is 6.54 Å². The molecule has 1 heterocycles. The van der Waals surface area contributed by atoms with Crippen LogP contribution in [-0.4, -0.2) is 45.5 Å². The van der Waals surface area contributed by atoms with Crippen LogP contribution in [0.15, 0.2) is 10.6 Å². The van der Waals surface area contributed by atoms with Crippen molar-refractivity contribution in [3.8, 4) is 0 Å². The van der Waals surface area contributed by atoms with Crippen LogP contribution in [0.5, 0.6) is 0 Å². The number of nitrogens with zero attached hydrogens (tertiary/aromatic N) is 2. The number of carboxylic acid groups (broad SMARTS) is 1. The van der Waals surface area contributed by atoms with Gasteiger partial charge in [0.1, 0.15) is 0 Å². The molecule has 0 radical (unpaired) electrons. The number of nitrogens with two attached hydrogens (primary N) is 1. The Morgan fingerprint density at radius 3 is 2.50 bits per heavy atom. The number of amides is 2. The standard InChI is InChI=1S/C10H13N3O5/c1-5(2)13(4-8(11)14)9(15)6-3-7(10(16)17)18-12-6/h3,5H,4H2,1-2H3,(H2,11,14)(H,16,17). The van der Waals surface area contributed by atoms with Gasteiger partial charge in [-0.2, -0.15) is 0 Å². The topological polar surface area (TPSA) is 127 Å².